The summed E-state index contributed by atoms with van der Waals surface area (Å²) in [5.74, 6) is 0.810. The molecule has 0 aliphatic heterocycles. The van der Waals surface area contributed by atoms with E-state index in [0.29, 0.717) is 17.2 Å². The molecule has 1 rings (SSSR count). The highest BCUT2D eigenvalue weighted by atomic mass is 79.9. The number of ether oxygens (including phenoxy) is 1. The Morgan fingerprint density at radius 1 is 1.50 bits per heavy atom. The van der Waals surface area contributed by atoms with Crippen molar-refractivity contribution in [3.05, 3.63) is 28.2 Å². The Labute approximate surface area is 121 Å². The lowest BCUT2D eigenvalue weighted by Gasteiger charge is -2.34. The fourth-order valence-electron chi connectivity index (χ4n) is 1.39. The molecule has 0 heterocycles. The lowest BCUT2D eigenvalue weighted by atomic mass is 10.0. The number of halogens is 2. The first kappa shape index (κ1) is 15.3. The van der Waals surface area contributed by atoms with Crippen LogP contribution in [0.15, 0.2) is 22.7 Å². The largest absolute Gasteiger partial charge is 0.496 e. The quantitative estimate of drug-likeness (QED) is 0.788. The molecule has 0 saturated carbocycles. The maximum Gasteiger partial charge on any atom is 0.257 e. The monoisotopic (exact) mass is 333 g/mol. The van der Waals surface area contributed by atoms with Gasteiger partial charge in [0.15, 0.2) is 0 Å². The van der Waals surface area contributed by atoms with E-state index in [1.165, 1.54) is 0 Å². The molecule has 3 nitrogen and oxygen atoms in total. The van der Waals surface area contributed by atoms with Gasteiger partial charge in [0.05, 0.1) is 18.2 Å². The normalized spacial score (nSPS) is 11.2. The zero-order valence-corrected chi connectivity index (χ0v) is 13.3. The van der Waals surface area contributed by atoms with Crippen molar-refractivity contribution in [3.63, 3.8) is 0 Å². The number of methoxy groups -OCH3 is 1. The second-order valence-corrected chi connectivity index (χ2v) is 5.84. The van der Waals surface area contributed by atoms with Crippen LogP contribution in [-0.2, 0) is 0 Å². The van der Waals surface area contributed by atoms with Crippen molar-refractivity contribution in [1.82, 2.24) is 4.90 Å². The molecule has 1 aromatic rings. The Morgan fingerprint density at radius 3 is 2.61 bits per heavy atom. The van der Waals surface area contributed by atoms with Crippen LogP contribution in [0.4, 0.5) is 0 Å². The molecule has 0 unspecified atom stereocenters. The number of nitrogens with zero attached hydrogens (tertiary/aromatic N) is 1. The summed E-state index contributed by atoms with van der Waals surface area (Å²) >= 11 is 9.24. The van der Waals surface area contributed by atoms with Crippen molar-refractivity contribution in [2.75, 3.05) is 20.0 Å². The van der Waals surface area contributed by atoms with Crippen molar-refractivity contribution in [2.45, 2.75) is 19.4 Å². The number of alkyl halides is 1. The highest BCUT2D eigenvalue weighted by Gasteiger charge is 2.28. The van der Waals surface area contributed by atoms with Crippen LogP contribution in [0.5, 0.6) is 5.75 Å². The highest BCUT2D eigenvalue weighted by Crippen LogP contribution is 2.26. The average molecular weight is 335 g/mol. The minimum Gasteiger partial charge on any atom is -0.496 e. The van der Waals surface area contributed by atoms with Crippen molar-refractivity contribution in [1.29, 1.82) is 0 Å². The van der Waals surface area contributed by atoms with Gasteiger partial charge in [-0.05, 0) is 32.0 Å². The SMILES string of the molecule is COc1cc(Br)ccc1C(=O)N(C)C(C)(C)CCl. The molecule has 1 aromatic carbocycles. The number of benzene rings is 1. The van der Waals surface area contributed by atoms with Gasteiger partial charge in [-0.1, -0.05) is 15.9 Å². The van der Waals surface area contributed by atoms with Gasteiger partial charge in [0, 0.05) is 17.4 Å². The number of hydrogen-bond acceptors (Lipinski definition) is 2. The number of carbonyl (C=O) groups excluding carboxylic acids is 1. The predicted molar refractivity (Wildman–Crippen MR) is 77.6 cm³/mol. The molecule has 0 radical (unpaired) electrons. The van der Waals surface area contributed by atoms with Crippen LogP contribution in [-0.4, -0.2) is 36.4 Å². The third-order valence-corrected chi connectivity index (χ3v) is 4.08. The summed E-state index contributed by atoms with van der Waals surface area (Å²) in [5.41, 5.74) is 0.123. The molecule has 5 heteroatoms. The van der Waals surface area contributed by atoms with E-state index >= 15 is 0 Å². The van der Waals surface area contributed by atoms with E-state index in [4.69, 9.17) is 16.3 Å². The maximum atomic E-state index is 12.4. The summed E-state index contributed by atoms with van der Waals surface area (Å²) in [7, 11) is 3.29. The fraction of sp³-hybridized carbons (Fsp3) is 0.462. The third-order valence-electron chi connectivity index (χ3n) is 2.93. The van der Waals surface area contributed by atoms with Crippen LogP contribution < -0.4 is 4.74 Å². The van der Waals surface area contributed by atoms with Crippen molar-refractivity contribution in [3.8, 4) is 5.75 Å². The van der Waals surface area contributed by atoms with E-state index < -0.39 is 5.54 Å². The van der Waals surface area contributed by atoms with E-state index in [0.717, 1.165) is 4.47 Å². The van der Waals surface area contributed by atoms with Crippen molar-refractivity contribution in [2.24, 2.45) is 0 Å². The fourth-order valence-corrected chi connectivity index (χ4v) is 1.91. The number of rotatable bonds is 4. The summed E-state index contributed by atoms with van der Waals surface area (Å²) in [4.78, 5) is 14.0. The molecular weight excluding hydrogens is 318 g/mol. The second kappa shape index (κ2) is 5.93. The number of amides is 1. The minimum atomic E-state index is -0.406. The minimum absolute atomic E-state index is 0.106. The Bertz CT molecular complexity index is 449. The molecule has 0 bridgehead atoms. The molecule has 0 atom stereocenters. The topological polar surface area (TPSA) is 29.5 Å². The van der Waals surface area contributed by atoms with E-state index in [9.17, 15) is 4.79 Å². The Morgan fingerprint density at radius 2 is 2.11 bits per heavy atom. The van der Waals surface area contributed by atoms with Gasteiger partial charge < -0.3 is 9.64 Å². The van der Waals surface area contributed by atoms with Gasteiger partial charge in [0.1, 0.15) is 5.75 Å². The van der Waals surface area contributed by atoms with Crippen molar-refractivity contribution >= 4 is 33.4 Å². The molecule has 0 N–H and O–H groups in total. The van der Waals surface area contributed by atoms with E-state index in [1.807, 2.05) is 19.9 Å². The van der Waals surface area contributed by atoms with Gasteiger partial charge in [0.25, 0.3) is 5.91 Å². The molecule has 0 aliphatic carbocycles. The van der Waals surface area contributed by atoms with Gasteiger partial charge in [-0.3, -0.25) is 4.79 Å². The Balaban J connectivity index is 3.11. The molecule has 0 fully saturated rings. The first-order chi connectivity index (χ1) is 8.33. The van der Waals surface area contributed by atoms with E-state index in [1.54, 1.807) is 31.2 Å². The van der Waals surface area contributed by atoms with Crippen molar-refractivity contribution < 1.29 is 9.53 Å². The summed E-state index contributed by atoms with van der Waals surface area (Å²) in [6.45, 7) is 3.84. The summed E-state index contributed by atoms with van der Waals surface area (Å²) in [5, 5.41) is 0. The van der Waals surface area contributed by atoms with Crippen LogP contribution in [0.1, 0.15) is 24.2 Å². The summed E-state index contributed by atoms with van der Waals surface area (Å²) in [6.07, 6.45) is 0. The lowest BCUT2D eigenvalue weighted by Crippen LogP contribution is -2.46. The van der Waals surface area contributed by atoms with E-state index in [-0.39, 0.29) is 5.91 Å². The molecular formula is C13H17BrClNO2. The van der Waals surface area contributed by atoms with Gasteiger partial charge in [-0.15, -0.1) is 11.6 Å². The zero-order chi connectivity index (χ0) is 13.9. The van der Waals surface area contributed by atoms with Gasteiger partial charge in [0.2, 0.25) is 0 Å². The van der Waals surface area contributed by atoms with Gasteiger partial charge in [-0.2, -0.15) is 0 Å². The Kier molecular flexibility index (Phi) is 5.05. The average Bonchev–Trinajstić information content (AvgIpc) is 2.36. The number of hydrogen-bond donors (Lipinski definition) is 0. The summed E-state index contributed by atoms with van der Waals surface area (Å²) in [6, 6.07) is 5.33. The summed E-state index contributed by atoms with van der Waals surface area (Å²) < 4.78 is 6.10. The molecule has 100 valence electrons. The standard InChI is InChI=1S/C13H17BrClNO2/c1-13(2,8-15)16(3)12(17)10-6-5-9(14)7-11(10)18-4/h5-7H,8H2,1-4H3. The first-order valence-corrected chi connectivity index (χ1v) is 6.84. The maximum absolute atomic E-state index is 12.4. The smallest absolute Gasteiger partial charge is 0.257 e. The lowest BCUT2D eigenvalue weighted by molar-refractivity contribution is 0.0657. The molecule has 0 aromatic heterocycles. The van der Waals surface area contributed by atoms with Crippen LogP contribution in [0.3, 0.4) is 0 Å². The van der Waals surface area contributed by atoms with Crippen LogP contribution >= 0.6 is 27.5 Å². The van der Waals surface area contributed by atoms with Gasteiger partial charge >= 0.3 is 0 Å². The van der Waals surface area contributed by atoms with E-state index in [2.05, 4.69) is 15.9 Å². The van der Waals surface area contributed by atoms with Gasteiger partial charge in [-0.25, -0.2) is 0 Å². The second-order valence-electron chi connectivity index (χ2n) is 4.65. The van der Waals surface area contributed by atoms with Crippen LogP contribution in [0.25, 0.3) is 0 Å². The highest BCUT2D eigenvalue weighted by molar-refractivity contribution is 9.10. The molecule has 1 amide bonds. The molecule has 0 aliphatic rings. The molecule has 0 saturated heterocycles. The van der Waals surface area contributed by atoms with Crippen LogP contribution in [0.2, 0.25) is 0 Å². The third kappa shape index (κ3) is 3.18. The predicted octanol–water partition coefficient (Wildman–Crippen LogP) is 3.55. The molecule has 18 heavy (non-hydrogen) atoms. The zero-order valence-electron chi connectivity index (χ0n) is 11.0. The number of carbonyl (C=O) groups is 1. The van der Waals surface area contributed by atoms with Crippen LogP contribution in [0, 0.1) is 0 Å². The Hall–Kier alpha value is -0.740. The first-order valence-electron chi connectivity index (χ1n) is 5.51. The molecule has 0 spiro atoms.